The number of esters is 1. The molecule has 0 aliphatic carbocycles. The number of benzene rings is 2. The Labute approximate surface area is 174 Å². The Bertz CT molecular complexity index is 1280. The third-order valence-electron chi connectivity index (χ3n) is 4.29. The molecule has 0 saturated heterocycles. The molecule has 0 spiro atoms. The van der Waals surface area contributed by atoms with E-state index in [1.807, 2.05) is 35.7 Å². The third kappa shape index (κ3) is 4.13. The summed E-state index contributed by atoms with van der Waals surface area (Å²) < 4.78 is 10.6. The van der Waals surface area contributed by atoms with E-state index in [0.717, 1.165) is 17.3 Å². The van der Waals surface area contributed by atoms with Crippen LogP contribution in [0.15, 0.2) is 75.3 Å². The van der Waals surface area contributed by atoms with E-state index < -0.39 is 18.0 Å². The summed E-state index contributed by atoms with van der Waals surface area (Å²) in [5, 5.41) is 5.20. The highest BCUT2D eigenvalue weighted by atomic mass is 32.1. The first-order valence-corrected chi connectivity index (χ1v) is 9.95. The molecule has 150 valence electrons. The van der Waals surface area contributed by atoms with E-state index >= 15 is 0 Å². The average molecular weight is 420 g/mol. The zero-order valence-electron chi connectivity index (χ0n) is 15.8. The third-order valence-corrected chi connectivity index (χ3v) is 5.05. The first kappa shape index (κ1) is 19.5. The molecule has 0 aliphatic heterocycles. The number of anilines is 1. The first-order valence-electron chi connectivity index (χ1n) is 9.07. The number of rotatable bonds is 5. The lowest BCUT2D eigenvalue weighted by Crippen LogP contribution is -2.30. The summed E-state index contributed by atoms with van der Waals surface area (Å²) in [6.45, 7) is 1.43. The van der Waals surface area contributed by atoms with Crippen molar-refractivity contribution in [1.82, 2.24) is 4.98 Å². The molecule has 0 aliphatic rings. The highest BCUT2D eigenvalue weighted by molar-refractivity contribution is 7.14. The number of hydrogen-bond acceptors (Lipinski definition) is 7. The summed E-state index contributed by atoms with van der Waals surface area (Å²) in [4.78, 5) is 41.2. The number of amides is 1. The number of aromatic nitrogens is 1. The number of carbonyl (C=O) groups is 2. The average Bonchev–Trinajstić information content (AvgIpc) is 3.22. The van der Waals surface area contributed by atoms with Crippen molar-refractivity contribution in [1.29, 1.82) is 0 Å². The molecule has 2 heterocycles. The quantitative estimate of drug-likeness (QED) is 0.488. The zero-order chi connectivity index (χ0) is 21.1. The molecule has 8 heteroatoms. The minimum atomic E-state index is -1.11. The molecule has 1 unspecified atom stereocenters. The van der Waals surface area contributed by atoms with Gasteiger partial charge in [0.1, 0.15) is 5.58 Å². The van der Waals surface area contributed by atoms with Gasteiger partial charge in [-0.15, -0.1) is 11.3 Å². The summed E-state index contributed by atoms with van der Waals surface area (Å²) in [6.07, 6.45) is -1.11. The first-order chi connectivity index (χ1) is 14.5. The highest BCUT2D eigenvalue weighted by Crippen LogP contribution is 2.24. The van der Waals surface area contributed by atoms with Crippen LogP contribution in [0.1, 0.15) is 17.5 Å². The van der Waals surface area contributed by atoms with Gasteiger partial charge in [0.15, 0.2) is 16.7 Å². The Morgan fingerprint density at radius 2 is 1.83 bits per heavy atom. The van der Waals surface area contributed by atoms with Gasteiger partial charge < -0.3 is 9.15 Å². The molecule has 4 aromatic rings. The van der Waals surface area contributed by atoms with Gasteiger partial charge in [-0.05, 0) is 19.1 Å². The SMILES string of the molecule is CC(OC(=O)c1cc(=O)c2ccccc2o1)C(=O)Nc1nc(-c2ccccc2)cs1. The van der Waals surface area contributed by atoms with E-state index in [1.165, 1.54) is 18.3 Å². The van der Waals surface area contributed by atoms with Crippen LogP contribution in [0.5, 0.6) is 0 Å². The maximum absolute atomic E-state index is 12.4. The van der Waals surface area contributed by atoms with Gasteiger partial charge in [-0.25, -0.2) is 9.78 Å². The smallest absolute Gasteiger partial charge is 0.375 e. The van der Waals surface area contributed by atoms with E-state index in [9.17, 15) is 14.4 Å². The van der Waals surface area contributed by atoms with Crippen LogP contribution in [0.25, 0.3) is 22.2 Å². The van der Waals surface area contributed by atoms with Crippen LogP contribution in [-0.2, 0) is 9.53 Å². The lowest BCUT2D eigenvalue weighted by molar-refractivity contribution is -0.123. The minimum Gasteiger partial charge on any atom is -0.449 e. The molecule has 1 amide bonds. The lowest BCUT2D eigenvalue weighted by atomic mass is 10.2. The number of carbonyl (C=O) groups excluding carboxylic acids is 2. The highest BCUT2D eigenvalue weighted by Gasteiger charge is 2.22. The van der Waals surface area contributed by atoms with Gasteiger partial charge in [-0.3, -0.25) is 14.9 Å². The number of ether oxygens (including phenoxy) is 1. The van der Waals surface area contributed by atoms with Crippen LogP contribution in [0.4, 0.5) is 5.13 Å². The van der Waals surface area contributed by atoms with E-state index in [0.29, 0.717) is 10.5 Å². The van der Waals surface area contributed by atoms with Crippen LogP contribution in [0.3, 0.4) is 0 Å². The van der Waals surface area contributed by atoms with E-state index in [1.54, 1.807) is 24.3 Å². The standard InChI is InChI=1S/C22H16N2O5S/c1-13(20(26)24-22-23-16(12-30-22)14-7-3-2-4-8-14)28-21(27)19-11-17(25)15-9-5-6-10-18(15)29-19/h2-13H,1H3,(H,23,24,26). The molecule has 7 nitrogen and oxygen atoms in total. The number of nitrogens with one attached hydrogen (secondary N) is 1. The maximum atomic E-state index is 12.4. The van der Waals surface area contributed by atoms with E-state index in [-0.39, 0.29) is 16.8 Å². The normalized spacial score (nSPS) is 11.8. The second kappa shape index (κ2) is 8.30. The van der Waals surface area contributed by atoms with Crippen LogP contribution in [-0.4, -0.2) is 23.0 Å². The number of thiazole rings is 1. The van der Waals surface area contributed by atoms with E-state index in [4.69, 9.17) is 9.15 Å². The zero-order valence-corrected chi connectivity index (χ0v) is 16.6. The van der Waals surface area contributed by atoms with Crippen molar-refractivity contribution < 1.29 is 18.7 Å². The molecule has 4 rings (SSSR count). The predicted molar refractivity (Wildman–Crippen MR) is 114 cm³/mol. The second-order valence-corrected chi connectivity index (χ2v) is 7.27. The molecule has 30 heavy (non-hydrogen) atoms. The van der Waals surface area contributed by atoms with Crippen molar-refractivity contribution in [2.75, 3.05) is 5.32 Å². The summed E-state index contributed by atoms with van der Waals surface area (Å²) in [7, 11) is 0. The van der Waals surface area contributed by atoms with Crippen molar-refractivity contribution in [3.63, 3.8) is 0 Å². The Morgan fingerprint density at radius 1 is 1.10 bits per heavy atom. The topological polar surface area (TPSA) is 98.5 Å². The van der Waals surface area contributed by atoms with Crippen molar-refractivity contribution in [3.8, 4) is 11.3 Å². The van der Waals surface area contributed by atoms with Crippen LogP contribution >= 0.6 is 11.3 Å². The number of hydrogen-bond donors (Lipinski definition) is 1. The molecular weight excluding hydrogens is 404 g/mol. The molecule has 0 fully saturated rings. The Kier molecular flexibility index (Phi) is 5.40. The Balaban J connectivity index is 1.43. The van der Waals surface area contributed by atoms with Gasteiger partial charge in [-0.1, -0.05) is 42.5 Å². The van der Waals surface area contributed by atoms with Gasteiger partial charge in [0, 0.05) is 17.0 Å². The molecule has 0 radical (unpaired) electrons. The summed E-state index contributed by atoms with van der Waals surface area (Å²) >= 11 is 1.27. The largest absolute Gasteiger partial charge is 0.449 e. The molecule has 1 N–H and O–H groups in total. The van der Waals surface area contributed by atoms with Crippen LogP contribution in [0, 0.1) is 0 Å². The monoisotopic (exact) mass is 420 g/mol. The maximum Gasteiger partial charge on any atom is 0.375 e. The number of fused-ring (bicyclic) bond motifs is 1. The second-order valence-electron chi connectivity index (χ2n) is 6.41. The van der Waals surface area contributed by atoms with Crippen LogP contribution in [0.2, 0.25) is 0 Å². The van der Waals surface area contributed by atoms with Crippen molar-refractivity contribution in [2.45, 2.75) is 13.0 Å². The van der Waals surface area contributed by atoms with Gasteiger partial charge in [0.05, 0.1) is 11.1 Å². The molecule has 2 aromatic carbocycles. The number of para-hydroxylation sites is 1. The van der Waals surface area contributed by atoms with Gasteiger partial charge in [0.2, 0.25) is 5.76 Å². The van der Waals surface area contributed by atoms with Gasteiger partial charge in [-0.2, -0.15) is 0 Å². The molecule has 1 atom stereocenters. The predicted octanol–water partition coefficient (Wildman–Crippen LogP) is 4.10. The van der Waals surface area contributed by atoms with E-state index in [2.05, 4.69) is 10.3 Å². The minimum absolute atomic E-state index is 0.265. The van der Waals surface area contributed by atoms with Gasteiger partial charge >= 0.3 is 5.97 Å². The molecular formula is C22H16N2O5S. The van der Waals surface area contributed by atoms with Crippen molar-refractivity contribution in [2.24, 2.45) is 0 Å². The van der Waals surface area contributed by atoms with Crippen molar-refractivity contribution >= 4 is 39.3 Å². The Morgan fingerprint density at radius 3 is 2.63 bits per heavy atom. The Hall–Kier alpha value is -3.78. The number of nitrogens with zero attached hydrogens (tertiary/aromatic N) is 1. The summed E-state index contributed by atoms with van der Waals surface area (Å²) in [5.41, 5.74) is 1.57. The molecule has 0 saturated carbocycles. The molecule has 2 aromatic heterocycles. The van der Waals surface area contributed by atoms with Gasteiger partial charge in [0.25, 0.3) is 5.91 Å². The molecule has 0 bridgehead atoms. The summed E-state index contributed by atoms with van der Waals surface area (Å²) in [6, 6.07) is 17.2. The van der Waals surface area contributed by atoms with Crippen molar-refractivity contribution in [3.05, 3.63) is 82.0 Å². The lowest BCUT2D eigenvalue weighted by Gasteiger charge is -2.12. The fourth-order valence-electron chi connectivity index (χ4n) is 2.76. The fraction of sp³-hybridized carbons (Fsp3) is 0.0909. The fourth-order valence-corrected chi connectivity index (χ4v) is 3.48. The van der Waals surface area contributed by atoms with Crippen LogP contribution < -0.4 is 10.7 Å². The summed E-state index contributed by atoms with van der Waals surface area (Å²) in [5.74, 6) is -1.70.